The van der Waals surface area contributed by atoms with Gasteiger partial charge >= 0.3 is 0 Å². The predicted molar refractivity (Wildman–Crippen MR) is 70.9 cm³/mol. The highest BCUT2D eigenvalue weighted by Gasteiger charge is 2.10. The van der Waals surface area contributed by atoms with Gasteiger partial charge in [0.15, 0.2) is 0 Å². The molecule has 2 rings (SSSR count). The van der Waals surface area contributed by atoms with Crippen molar-refractivity contribution in [2.45, 2.75) is 32.2 Å². The molecule has 0 bridgehead atoms. The van der Waals surface area contributed by atoms with Gasteiger partial charge in [0, 0.05) is 19.1 Å². The SMILES string of the molecule is CC(NCCN1CCCCC1)c1ccc(F)cn1. The summed E-state index contributed by atoms with van der Waals surface area (Å²) in [5, 5.41) is 3.44. The molecule has 100 valence electrons. The Kier molecular flexibility index (Phi) is 5.08. The van der Waals surface area contributed by atoms with E-state index in [0.29, 0.717) is 0 Å². The molecule has 1 fully saturated rings. The summed E-state index contributed by atoms with van der Waals surface area (Å²) >= 11 is 0. The minimum absolute atomic E-state index is 0.176. The number of pyridine rings is 1. The molecule has 0 saturated carbocycles. The third kappa shape index (κ3) is 4.03. The van der Waals surface area contributed by atoms with Crippen molar-refractivity contribution in [3.8, 4) is 0 Å². The Hall–Kier alpha value is -1.00. The standard InChI is InChI=1S/C14H22FN3/c1-12(14-6-5-13(15)11-17-14)16-7-10-18-8-3-2-4-9-18/h5-6,11-12,16H,2-4,7-10H2,1H3. The second-order valence-corrected chi connectivity index (χ2v) is 4.98. The largest absolute Gasteiger partial charge is 0.308 e. The summed E-state index contributed by atoms with van der Waals surface area (Å²) in [7, 11) is 0. The first-order valence-corrected chi connectivity index (χ1v) is 6.83. The van der Waals surface area contributed by atoms with Gasteiger partial charge in [-0.15, -0.1) is 0 Å². The fourth-order valence-electron chi connectivity index (χ4n) is 2.37. The van der Waals surface area contributed by atoms with Crippen LogP contribution in [0.2, 0.25) is 0 Å². The van der Waals surface area contributed by atoms with E-state index in [2.05, 4.69) is 22.1 Å². The van der Waals surface area contributed by atoms with Gasteiger partial charge < -0.3 is 10.2 Å². The van der Waals surface area contributed by atoms with Gasteiger partial charge in [-0.2, -0.15) is 0 Å². The second kappa shape index (κ2) is 6.81. The molecule has 0 amide bonds. The van der Waals surface area contributed by atoms with E-state index in [1.165, 1.54) is 44.6 Å². The molecular weight excluding hydrogens is 229 g/mol. The summed E-state index contributed by atoms with van der Waals surface area (Å²) in [6.07, 6.45) is 5.31. The fraction of sp³-hybridized carbons (Fsp3) is 0.643. The van der Waals surface area contributed by atoms with Crippen LogP contribution in [0.5, 0.6) is 0 Å². The van der Waals surface area contributed by atoms with E-state index in [4.69, 9.17) is 0 Å². The molecule has 1 saturated heterocycles. The zero-order valence-electron chi connectivity index (χ0n) is 11.0. The Labute approximate surface area is 108 Å². The topological polar surface area (TPSA) is 28.2 Å². The van der Waals surface area contributed by atoms with Gasteiger partial charge in [-0.1, -0.05) is 6.42 Å². The highest BCUT2D eigenvalue weighted by atomic mass is 19.1. The molecule has 18 heavy (non-hydrogen) atoms. The zero-order valence-corrected chi connectivity index (χ0v) is 11.0. The first-order chi connectivity index (χ1) is 8.75. The first-order valence-electron chi connectivity index (χ1n) is 6.83. The van der Waals surface area contributed by atoms with Crippen molar-refractivity contribution >= 4 is 0 Å². The van der Waals surface area contributed by atoms with Gasteiger partial charge in [-0.05, 0) is 45.0 Å². The fourth-order valence-corrected chi connectivity index (χ4v) is 2.37. The van der Waals surface area contributed by atoms with Crippen molar-refractivity contribution in [3.05, 3.63) is 29.8 Å². The minimum Gasteiger partial charge on any atom is -0.308 e. The maximum Gasteiger partial charge on any atom is 0.141 e. The lowest BCUT2D eigenvalue weighted by molar-refractivity contribution is 0.226. The summed E-state index contributed by atoms with van der Waals surface area (Å²) < 4.78 is 12.8. The van der Waals surface area contributed by atoms with Gasteiger partial charge in [-0.25, -0.2) is 4.39 Å². The van der Waals surface area contributed by atoms with E-state index in [1.807, 2.05) is 0 Å². The van der Waals surface area contributed by atoms with Crippen LogP contribution in [0, 0.1) is 5.82 Å². The molecule has 0 aliphatic carbocycles. The van der Waals surface area contributed by atoms with E-state index < -0.39 is 0 Å². The van der Waals surface area contributed by atoms with Crippen LogP contribution in [-0.2, 0) is 0 Å². The molecule has 1 atom stereocenters. The van der Waals surface area contributed by atoms with Gasteiger partial charge in [0.05, 0.1) is 11.9 Å². The third-order valence-electron chi connectivity index (χ3n) is 3.52. The number of nitrogens with one attached hydrogen (secondary N) is 1. The van der Waals surface area contributed by atoms with Crippen LogP contribution in [0.1, 0.15) is 37.9 Å². The number of likely N-dealkylation sites (tertiary alicyclic amines) is 1. The van der Waals surface area contributed by atoms with E-state index in [9.17, 15) is 4.39 Å². The first kappa shape index (κ1) is 13.4. The van der Waals surface area contributed by atoms with Crippen LogP contribution in [0.15, 0.2) is 18.3 Å². The van der Waals surface area contributed by atoms with Crippen molar-refractivity contribution in [1.82, 2.24) is 15.2 Å². The zero-order chi connectivity index (χ0) is 12.8. The van der Waals surface area contributed by atoms with Gasteiger partial charge in [-0.3, -0.25) is 4.98 Å². The lowest BCUT2D eigenvalue weighted by Crippen LogP contribution is -2.36. The number of hydrogen-bond donors (Lipinski definition) is 1. The average molecular weight is 251 g/mol. The normalized spacial score (nSPS) is 18.8. The number of hydrogen-bond acceptors (Lipinski definition) is 3. The Morgan fingerprint density at radius 2 is 2.11 bits per heavy atom. The molecule has 0 spiro atoms. The maximum absolute atomic E-state index is 12.8. The number of piperidine rings is 1. The van der Waals surface area contributed by atoms with E-state index in [1.54, 1.807) is 6.07 Å². The highest BCUT2D eigenvalue weighted by molar-refractivity contribution is 5.08. The third-order valence-corrected chi connectivity index (χ3v) is 3.52. The van der Waals surface area contributed by atoms with Gasteiger partial charge in [0.1, 0.15) is 5.82 Å². The summed E-state index contributed by atoms with van der Waals surface area (Å²) in [4.78, 5) is 6.59. The smallest absolute Gasteiger partial charge is 0.141 e. The Morgan fingerprint density at radius 1 is 1.33 bits per heavy atom. The van der Waals surface area contributed by atoms with Crippen LogP contribution < -0.4 is 5.32 Å². The molecule has 1 aliphatic heterocycles. The quantitative estimate of drug-likeness (QED) is 0.870. The highest BCUT2D eigenvalue weighted by Crippen LogP contribution is 2.10. The number of halogens is 1. The molecule has 4 heteroatoms. The summed E-state index contributed by atoms with van der Waals surface area (Å²) in [5.74, 6) is -0.278. The minimum atomic E-state index is -0.278. The van der Waals surface area contributed by atoms with E-state index >= 15 is 0 Å². The van der Waals surface area contributed by atoms with Crippen molar-refractivity contribution < 1.29 is 4.39 Å². The number of rotatable bonds is 5. The van der Waals surface area contributed by atoms with Gasteiger partial charge in [0.25, 0.3) is 0 Å². The van der Waals surface area contributed by atoms with Crippen LogP contribution >= 0.6 is 0 Å². The summed E-state index contributed by atoms with van der Waals surface area (Å²) in [6, 6.07) is 3.38. The molecule has 1 unspecified atom stereocenters. The average Bonchev–Trinajstić information content (AvgIpc) is 2.40. The molecule has 2 heterocycles. The summed E-state index contributed by atoms with van der Waals surface area (Å²) in [6.45, 7) is 6.57. The molecule has 1 aromatic rings. The van der Waals surface area contributed by atoms with Crippen molar-refractivity contribution in [3.63, 3.8) is 0 Å². The Balaban J connectivity index is 1.70. The molecule has 3 nitrogen and oxygen atoms in total. The van der Waals surface area contributed by atoms with Crippen LogP contribution in [0.25, 0.3) is 0 Å². The van der Waals surface area contributed by atoms with E-state index in [-0.39, 0.29) is 11.9 Å². The number of nitrogens with zero attached hydrogens (tertiary/aromatic N) is 2. The lowest BCUT2D eigenvalue weighted by atomic mass is 10.1. The number of aromatic nitrogens is 1. The molecule has 1 aliphatic rings. The maximum atomic E-state index is 12.8. The molecular formula is C14H22FN3. The Bertz CT molecular complexity index is 347. The van der Waals surface area contributed by atoms with Crippen LogP contribution in [0.4, 0.5) is 4.39 Å². The monoisotopic (exact) mass is 251 g/mol. The lowest BCUT2D eigenvalue weighted by Gasteiger charge is -2.27. The van der Waals surface area contributed by atoms with Crippen LogP contribution in [0.3, 0.4) is 0 Å². The predicted octanol–water partition coefficient (Wildman–Crippen LogP) is 2.36. The summed E-state index contributed by atoms with van der Waals surface area (Å²) in [5.41, 5.74) is 0.898. The second-order valence-electron chi connectivity index (χ2n) is 4.98. The molecule has 0 radical (unpaired) electrons. The Morgan fingerprint density at radius 3 is 2.78 bits per heavy atom. The van der Waals surface area contributed by atoms with Crippen molar-refractivity contribution in [2.24, 2.45) is 0 Å². The van der Waals surface area contributed by atoms with Crippen molar-refractivity contribution in [1.29, 1.82) is 0 Å². The van der Waals surface area contributed by atoms with Gasteiger partial charge in [0.2, 0.25) is 0 Å². The molecule has 0 aromatic carbocycles. The molecule has 1 aromatic heterocycles. The van der Waals surface area contributed by atoms with Crippen LogP contribution in [-0.4, -0.2) is 36.1 Å². The molecule has 1 N–H and O–H groups in total. The van der Waals surface area contributed by atoms with E-state index in [0.717, 1.165) is 18.8 Å². The van der Waals surface area contributed by atoms with Crippen molar-refractivity contribution in [2.75, 3.05) is 26.2 Å².